The topological polar surface area (TPSA) is 116 Å². The van der Waals surface area contributed by atoms with Gasteiger partial charge in [0.1, 0.15) is 12.2 Å². The van der Waals surface area contributed by atoms with Gasteiger partial charge < -0.3 is 14.6 Å². The van der Waals surface area contributed by atoms with Gasteiger partial charge >= 0.3 is 5.97 Å². The Bertz CT molecular complexity index is 1030. The molecule has 1 amide bonds. The first kappa shape index (κ1) is 18.3. The molecule has 2 aromatic carbocycles. The molecule has 0 spiro atoms. The van der Waals surface area contributed by atoms with Crippen LogP contribution in [0.4, 0.5) is 11.4 Å². The van der Waals surface area contributed by atoms with Crippen molar-refractivity contribution in [2.45, 2.75) is 6.54 Å². The molecule has 0 saturated heterocycles. The van der Waals surface area contributed by atoms with Gasteiger partial charge in [0.05, 0.1) is 22.3 Å². The second-order valence-electron chi connectivity index (χ2n) is 5.49. The van der Waals surface area contributed by atoms with E-state index in [0.29, 0.717) is 0 Å². The Morgan fingerprint density at radius 2 is 2.04 bits per heavy atom. The second kappa shape index (κ2) is 7.83. The maximum atomic E-state index is 12.0. The Morgan fingerprint density at radius 1 is 1.26 bits per heavy atom. The number of amides is 1. The number of aromatic nitrogens is 2. The summed E-state index contributed by atoms with van der Waals surface area (Å²) in [6.45, 7) is -0.694. The Labute approximate surface area is 157 Å². The lowest BCUT2D eigenvalue weighted by molar-refractivity contribution is -0.383. The Balaban J connectivity index is 1.58. The molecule has 0 bridgehead atoms. The number of para-hydroxylation sites is 2. The van der Waals surface area contributed by atoms with Crippen LogP contribution < -0.4 is 5.32 Å². The third-order valence-corrected chi connectivity index (χ3v) is 3.86. The van der Waals surface area contributed by atoms with Crippen molar-refractivity contribution in [3.63, 3.8) is 0 Å². The predicted octanol–water partition coefficient (Wildman–Crippen LogP) is 2.78. The molecule has 27 heavy (non-hydrogen) atoms. The van der Waals surface area contributed by atoms with Crippen molar-refractivity contribution in [1.82, 2.24) is 9.55 Å². The fourth-order valence-electron chi connectivity index (χ4n) is 2.41. The molecular formula is C17H13ClN4O5. The molecule has 0 fully saturated rings. The van der Waals surface area contributed by atoms with Crippen LogP contribution in [0, 0.1) is 10.1 Å². The van der Waals surface area contributed by atoms with Crippen molar-refractivity contribution in [3.05, 3.63) is 63.9 Å². The summed E-state index contributed by atoms with van der Waals surface area (Å²) < 4.78 is 6.52. The highest BCUT2D eigenvalue weighted by molar-refractivity contribution is 6.31. The minimum Gasteiger partial charge on any atom is -0.454 e. The smallest absolute Gasteiger partial charge is 0.326 e. The van der Waals surface area contributed by atoms with Crippen molar-refractivity contribution >= 4 is 45.9 Å². The van der Waals surface area contributed by atoms with E-state index in [1.165, 1.54) is 18.5 Å². The molecule has 0 atom stereocenters. The van der Waals surface area contributed by atoms with Gasteiger partial charge in [-0.15, -0.1) is 0 Å². The van der Waals surface area contributed by atoms with Crippen molar-refractivity contribution in [3.8, 4) is 0 Å². The van der Waals surface area contributed by atoms with Crippen molar-refractivity contribution in [2.75, 3.05) is 11.9 Å². The molecule has 0 aliphatic carbocycles. The average molecular weight is 389 g/mol. The number of benzene rings is 2. The summed E-state index contributed by atoms with van der Waals surface area (Å²) in [5, 5.41) is 13.5. The van der Waals surface area contributed by atoms with Gasteiger partial charge in [0.2, 0.25) is 0 Å². The Kier molecular flexibility index (Phi) is 5.32. The average Bonchev–Trinajstić information content (AvgIpc) is 3.04. The first-order chi connectivity index (χ1) is 12.9. The molecule has 0 unspecified atom stereocenters. The number of nitro groups is 1. The lowest BCUT2D eigenvalue weighted by Crippen LogP contribution is -2.23. The molecule has 0 aliphatic heterocycles. The van der Waals surface area contributed by atoms with E-state index in [0.717, 1.165) is 17.1 Å². The molecule has 138 valence electrons. The van der Waals surface area contributed by atoms with Gasteiger partial charge in [-0.2, -0.15) is 0 Å². The highest BCUT2D eigenvalue weighted by atomic mass is 35.5. The lowest BCUT2D eigenvalue weighted by atomic mass is 10.2. The zero-order chi connectivity index (χ0) is 19.4. The van der Waals surface area contributed by atoms with Crippen LogP contribution in [0.1, 0.15) is 0 Å². The minimum atomic E-state index is -0.704. The third-order valence-electron chi connectivity index (χ3n) is 3.62. The molecule has 1 heterocycles. The summed E-state index contributed by atoms with van der Waals surface area (Å²) in [7, 11) is 0. The third kappa shape index (κ3) is 4.39. The number of esters is 1. The molecule has 0 aliphatic rings. The van der Waals surface area contributed by atoms with E-state index < -0.39 is 23.4 Å². The largest absolute Gasteiger partial charge is 0.454 e. The summed E-state index contributed by atoms with van der Waals surface area (Å²) >= 11 is 5.72. The predicted molar refractivity (Wildman–Crippen MR) is 97.4 cm³/mol. The number of rotatable bonds is 6. The molecular weight excluding hydrogens is 376 g/mol. The minimum absolute atomic E-state index is 0.0361. The Morgan fingerprint density at radius 3 is 2.81 bits per heavy atom. The van der Waals surface area contributed by atoms with E-state index >= 15 is 0 Å². The highest BCUT2D eigenvalue weighted by Gasteiger charge is 2.17. The van der Waals surface area contributed by atoms with Gasteiger partial charge in [-0.25, -0.2) is 4.98 Å². The summed E-state index contributed by atoms with van der Waals surface area (Å²) in [6.07, 6.45) is 1.50. The fourth-order valence-corrected chi connectivity index (χ4v) is 2.58. The molecule has 9 nitrogen and oxygen atoms in total. The van der Waals surface area contributed by atoms with Gasteiger partial charge in [-0.3, -0.25) is 19.7 Å². The van der Waals surface area contributed by atoms with Gasteiger partial charge in [0.15, 0.2) is 6.61 Å². The number of ether oxygens (including phenoxy) is 1. The number of carbonyl (C=O) groups excluding carboxylic acids is 2. The zero-order valence-electron chi connectivity index (χ0n) is 13.8. The summed E-state index contributed by atoms with van der Waals surface area (Å²) in [4.78, 5) is 38.4. The zero-order valence-corrected chi connectivity index (χ0v) is 14.5. The first-order valence-electron chi connectivity index (χ1n) is 7.73. The van der Waals surface area contributed by atoms with Crippen LogP contribution in [-0.4, -0.2) is 33.0 Å². The molecule has 3 rings (SSSR count). The number of halogens is 1. The molecule has 0 saturated carbocycles. The molecule has 0 radical (unpaired) electrons. The van der Waals surface area contributed by atoms with Crippen LogP contribution in [0.2, 0.25) is 5.02 Å². The monoisotopic (exact) mass is 388 g/mol. The lowest BCUT2D eigenvalue weighted by Gasteiger charge is -2.08. The Hall–Kier alpha value is -3.46. The quantitative estimate of drug-likeness (QED) is 0.394. The SMILES string of the molecule is O=C(COC(=O)Cn1cnc2ccccc21)Nc1ccc(Cl)cc1[N+](=O)[O-]. The van der Waals surface area contributed by atoms with Crippen LogP contribution in [0.5, 0.6) is 0 Å². The highest BCUT2D eigenvalue weighted by Crippen LogP contribution is 2.27. The number of fused-ring (bicyclic) bond motifs is 1. The number of nitro benzene ring substituents is 1. The van der Waals surface area contributed by atoms with Gasteiger partial charge in [0, 0.05) is 11.1 Å². The number of imidazole rings is 1. The van der Waals surface area contributed by atoms with Crippen LogP contribution in [0.15, 0.2) is 48.8 Å². The van der Waals surface area contributed by atoms with E-state index in [2.05, 4.69) is 10.3 Å². The van der Waals surface area contributed by atoms with Crippen LogP contribution in [0.3, 0.4) is 0 Å². The van der Waals surface area contributed by atoms with E-state index in [9.17, 15) is 19.7 Å². The standard InChI is InChI=1S/C17H13ClN4O5/c18-11-5-6-13(15(7-11)22(25)26)20-16(23)9-27-17(24)8-21-10-19-12-3-1-2-4-14(12)21/h1-7,10H,8-9H2,(H,20,23). The van der Waals surface area contributed by atoms with Crippen LogP contribution in [0.25, 0.3) is 11.0 Å². The number of hydrogen-bond acceptors (Lipinski definition) is 6. The maximum Gasteiger partial charge on any atom is 0.326 e. The number of carbonyl (C=O) groups is 2. The fraction of sp³-hybridized carbons (Fsp3) is 0.118. The van der Waals surface area contributed by atoms with E-state index in [1.807, 2.05) is 24.3 Å². The first-order valence-corrected chi connectivity index (χ1v) is 8.11. The number of nitrogens with one attached hydrogen (secondary N) is 1. The number of nitrogens with zero attached hydrogens (tertiary/aromatic N) is 3. The molecule has 1 aromatic heterocycles. The molecule has 3 aromatic rings. The van der Waals surface area contributed by atoms with Crippen LogP contribution >= 0.6 is 11.6 Å². The summed E-state index contributed by atoms with van der Waals surface area (Å²) in [5.74, 6) is -1.34. The summed E-state index contributed by atoms with van der Waals surface area (Å²) in [6, 6.07) is 11.1. The van der Waals surface area contributed by atoms with Gasteiger partial charge in [0.25, 0.3) is 11.6 Å². The number of anilines is 1. The molecule has 10 heteroatoms. The van der Waals surface area contributed by atoms with Crippen molar-refractivity contribution < 1.29 is 19.2 Å². The number of hydrogen-bond donors (Lipinski definition) is 1. The maximum absolute atomic E-state index is 12.0. The second-order valence-corrected chi connectivity index (χ2v) is 5.93. The van der Waals surface area contributed by atoms with Gasteiger partial charge in [-0.1, -0.05) is 23.7 Å². The van der Waals surface area contributed by atoms with E-state index in [4.69, 9.17) is 16.3 Å². The van der Waals surface area contributed by atoms with E-state index in [1.54, 1.807) is 4.57 Å². The molecule has 1 N–H and O–H groups in total. The van der Waals surface area contributed by atoms with Crippen LogP contribution in [-0.2, 0) is 20.9 Å². The van der Waals surface area contributed by atoms with E-state index in [-0.39, 0.29) is 22.9 Å². The summed E-state index contributed by atoms with van der Waals surface area (Å²) in [5.41, 5.74) is 1.10. The van der Waals surface area contributed by atoms with Crippen molar-refractivity contribution in [2.24, 2.45) is 0 Å². The van der Waals surface area contributed by atoms with Crippen molar-refractivity contribution in [1.29, 1.82) is 0 Å². The van der Waals surface area contributed by atoms with Gasteiger partial charge in [-0.05, 0) is 24.3 Å². The normalized spacial score (nSPS) is 10.6.